The molecule has 1 aliphatic heterocycles. The van der Waals surface area contributed by atoms with E-state index in [9.17, 15) is 15.2 Å². The van der Waals surface area contributed by atoms with E-state index in [0.29, 0.717) is 6.54 Å². The zero-order valence-electron chi connectivity index (χ0n) is 12.4. The standard InChI is InChI=1S/C14H25N3O2/c1-11(2)14(4,9-15)16-12(18)8-17-7-5-6-13(3,19)10-17/h11,19H,5-8,10H2,1-4H3,(H,16,18). The maximum atomic E-state index is 12.0. The second kappa shape index (κ2) is 5.89. The highest BCUT2D eigenvalue weighted by Crippen LogP contribution is 2.20. The Morgan fingerprint density at radius 1 is 1.63 bits per heavy atom. The van der Waals surface area contributed by atoms with Crippen LogP contribution in [0, 0.1) is 17.2 Å². The van der Waals surface area contributed by atoms with Crippen molar-refractivity contribution in [3.63, 3.8) is 0 Å². The molecule has 0 saturated carbocycles. The van der Waals surface area contributed by atoms with Crippen LogP contribution >= 0.6 is 0 Å². The molecule has 0 aliphatic carbocycles. The molecule has 0 radical (unpaired) electrons. The summed E-state index contributed by atoms with van der Waals surface area (Å²) >= 11 is 0. The molecule has 2 unspecified atom stereocenters. The molecule has 1 saturated heterocycles. The lowest BCUT2D eigenvalue weighted by Crippen LogP contribution is -2.54. The van der Waals surface area contributed by atoms with Gasteiger partial charge in [0.15, 0.2) is 0 Å². The molecule has 19 heavy (non-hydrogen) atoms. The van der Waals surface area contributed by atoms with Gasteiger partial charge in [-0.15, -0.1) is 0 Å². The zero-order chi connectivity index (χ0) is 14.7. The highest BCUT2D eigenvalue weighted by Gasteiger charge is 2.33. The summed E-state index contributed by atoms with van der Waals surface area (Å²) in [6.07, 6.45) is 1.66. The van der Waals surface area contributed by atoms with Crippen LogP contribution in [0.1, 0.15) is 40.5 Å². The van der Waals surface area contributed by atoms with Crippen LogP contribution in [-0.4, -0.2) is 46.7 Å². The number of hydrogen-bond donors (Lipinski definition) is 2. The van der Waals surface area contributed by atoms with E-state index in [1.165, 1.54) is 0 Å². The van der Waals surface area contributed by atoms with E-state index in [1.54, 1.807) is 13.8 Å². The Balaban J connectivity index is 2.54. The molecule has 2 N–H and O–H groups in total. The minimum absolute atomic E-state index is 0.0471. The third kappa shape index (κ3) is 4.48. The van der Waals surface area contributed by atoms with Crippen molar-refractivity contribution in [2.75, 3.05) is 19.6 Å². The number of likely N-dealkylation sites (tertiary alicyclic amines) is 1. The number of carbonyl (C=O) groups is 1. The molecule has 5 nitrogen and oxygen atoms in total. The Bertz CT molecular complexity index is 373. The lowest BCUT2D eigenvalue weighted by Gasteiger charge is -2.37. The Kier molecular flexibility index (Phi) is 4.94. The van der Waals surface area contributed by atoms with Crippen molar-refractivity contribution in [1.82, 2.24) is 10.2 Å². The number of nitriles is 1. The SMILES string of the molecule is CC(C)C(C)(C#N)NC(=O)CN1CCCC(C)(O)C1. The van der Waals surface area contributed by atoms with E-state index in [1.807, 2.05) is 18.7 Å². The molecular weight excluding hydrogens is 242 g/mol. The summed E-state index contributed by atoms with van der Waals surface area (Å²) in [6, 6.07) is 2.16. The number of rotatable bonds is 4. The Hall–Kier alpha value is -1.12. The quantitative estimate of drug-likeness (QED) is 0.793. The van der Waals surface area contributed by atoms with Crippen LogP contribution in [0.4, 0.5) is 0 Å². The first-order valence-corrected chi connectivity index (χ1v) is 6.85. The van der Waals surface area contributed by atoms with Crippen molar-refractivity contribution >= 4 is 5.91 Å². The van der Waals surface area contributed by atoms with Crippen molar-refractivity contribution < 1.29 is 9.90 Å². The average Bonchev–Trinajstić information content (AvgIpc) is 2.26. The molecule has 108 valence electrons. The van der Waals surface area contributed by atoms with Crippen LogP contribution in [0.2, 0.25) is 0 Å². The van der Waals surface area contributed by atoms with E-state index in [0.717, 1.165) is 19.4 Å². The van der Waals surface area contributed by atoms with Gasteiger partial charge >= 0.3 is 0 Å². The number of β-amino-alcohol motifs (C(OH)–C–C–N with tert-alkyl or cyclic N) is 1. The third-order valence-corrected chi connectivity index (χ3v) is 3.91. The normalized spacial score (nSPS) is 27.6. The van der Waals surface area contributed by atoms with Gasteiger partial charge in [0, 0.05) is 6.54 Å². The molecule has 0 aromatic heterocycles. The third-order valence-electron chi connectivity index (χ3n) is 3.91. The minimum Gasteiger partial charge on any atom is -0.389 e. The van der Waals surface area contributed by atoms with Crippen molar-refractivity contribution in [2.45, 2.75) is 51.7 Å². The van der Waals surface area contributed by atoms with E-state index in [-0.39, 0.29) is 18.4 Å². The van der Waals surface area contributed by atoms with E-state index < -0.39 is 11.1 Å². The molecule has 1 amide bonds. The Morgan fingerprint density at radius 3 is 2.74 bits per heavy atom. The molecular formula is C14H25N3O2. The number of hydrogen-bond acceptors (Lipinski definition) is 4. The summed E-state index contributed by atoms with van der Waals surface area (Å²) in [5, 5.41) is 22.0. The first-order chi connectivity index (χ1) is 8.68. The van der Waals surface area contributed by atoms with Crippen LogP contribution < -0.4 is 5.32 Å². The van der Waals surface area contributed by atoms with Crippen LogP contribution in [0.25, 0.3) is 0 Å². The van der Waals surface area contributed by atoms with Crippen molar-refractivity contribution in [1.29, 1.82) is 5.26 Å². The largest absolute Gasteiger partial charge is 0.389 e. The first kappa shape index (κ1) is 15.9. The highest BCUT2D eigenvalue weighted by atomic mass is 16.3. The predicted octanol–water partition coefficient (Wildman–Crippen LogP) is 0.888. The van der Waals surface area contributed by atoms with Gasteiger partial charge in [0.05, 0.1) is 18.2 Å². The van der Waals surface area contributed by atoms with Gasteiger partial charge in [-0.3, -0.25) is 9.69 Å². The molecule has 0 spiro atoms. The van der Waals surface area contributed by atoms with Gasteiger partial charge < -0.3 is 10.4 Å². The number of amides is 1. The molecule has 0 bridgehead atoms. The number of nitrogens with zero attached hydrogens (tertiary/aromatic N) is 2. The molecule has 1 rings (SSSR count). The fourth-order valence-electron chi connectivity index (χ4n) is 2.29. The fourth-order valence-corrected chi connectivity index (χ4v) is 2.29. The van der Waals surface area contributed by atoms with Crippen molar-refractivity contribution in [3.8, 4) is 6.07 Å². The summed E-state index contributed by atoms with van der Waals surface area (Å²) in [4.78, 5) is 14.0. The van der Waals surface area contributed by atoms with E-state index in [2.05, 4.69) is 11.4 Å². The fraction of sp³-hybridized carbons (Fsp3) is 0.857. The lowest BCUT2D eigenvalue weighted by molar-refractivity contribution is -0.125. The number of nitrogens with one attached hydrogen (secondary N) is 1. The minimum atomic E-state index is -0.838. The van der Waals surface area contributed by atoms with Gasteiger partial charge in [-0.25, -0.2) is 0 Å². The van der Waals surface area contributed by atoms with Gasteiger partial charge in [0.25, 0.3) is 0 Å². The second-order valence-electron chi connectivity index (χ2n) is 6.33. The van der Waals surface area contributed by atoms with Crippen molar-refractivity contribution in [3.05, 3.63) is 0 Å². The maximum Gasteiger partial charge on any atom is 0.235 e. The summed E-state index contributed by atoms with van der Waals surface area (Å²) in [5.41, 5.74) is -1.55. The smallest absolute Gasteiger partial charge is 0.235 e. The predicted molar refractivity (Wildman–Crippen MR) is 73.3 cm³/mol. The van der Waals surface area contributed by atoms with Gasteiger partial charge in [-0.2, -0.15) is 5.26 Å². The summed E-state index contributed by atoms with van der Waals surface area (Å²) in [5.74, 6) is -0.110. The monoisotopic (exact) mass is 267 g/mol. The van der Waals surface area contributed by atoms with Crippen molar-refractivity contribution in [2.24, 2.45) is 5.92 Å². The van der Waals surface area contributed by atoms with E-state index in [4.69, 9.17) is 0 Å². The summed E-state index contributed by atoms with van der Waals surface area (Å²) in [6.45, 7) is 8.91. The van der Waals surface area contributed by atoms with Crippen LogP contribution in [0.5, 0.6) is 0 Å². The van der Waals surface area contributed by atoms with E-state index >= 15 is 0 Å². The number of carbonyl (C=O) groups excluding carboxylic acids is 1. The highest BCUT2D eigenvalue weighted by molar-refractivity contribution is 5.79. The van der Waals surface area contributed by atoms with Gasteiger partial charge in [0.1, 0.15) is 5.54 Å². The molecule has 1 fully saturated rings. The molecule has 1 aliphatic rings. The Morgan fingerprint density at radius 2 is 2.26 bits per heavy atom. The van der Waals surface area contributed by atoms with Gasteiger partial charge in [-0.05, 0) is 39.2 Å². The summed E-state index contributed by atoms with van der Waals surface area (Å²) < 4.78 is 0. The average molecular weight is 267 g/mol. The maximum absolute atomic E-state index is 12.0. The van der Waals surface area contributed by atoms with Crippen LogP contribution in [0.15, 0.2) is 0 Å². The molecule has 1 heterocycles. The molecule has 0 aromatic rings. The molecule has 5 heteroatoms. The zero-order valence-corrected chi connectivity index (χ0v) is 12.4. The van der Waals surface area contributed by atoms with Crippen LogP contribution in [-0.2, 0) is 4.79 Å². The number of aliphatic hydroxyl groups is 1. The topological polar surface area (TPSA) is 76.4 Å². The van der Waals surface area contributed by atoms with Crippen LogP contribution in [0.3, 0.4) is 0 Å². The molecule has 0 aromatic carbocycles. The Labute approximate surface area is 115 Å². The molecule has 2 atom stereocenters. The second-order valence-corrected chi connectivity index (χ2v) is 6.33. The number of piperidine rings is 1. The summed E-state index contributed by atoms with van der Waals surface area (Å²) in [7, 11) is 0. The first-order valence-electron chi connectivity index (χ1n) is 6.85. The van der Waals surface area contributed by atoms with Gasteiger partial charge in [-0.1, -0.05) is 13.8 Å². The lowest BCUT2D eigenvalue weighted by atomic mass is 9.90. The van der Waals surface area contributed by atoms with Gasteiger partial charge in [0.2, 0.25) is 5.91 Å².